The summed E-state index contributed by atoms with van der Waals surface area (Å²) in [6.45, 7) is 7.58. The summed E-state index contributed by atoms with van der Waals surface area (Å²) >= 11 is 1.30. The number of esters is 1. The van der Waals surface area contributed by atoms with Gasteiger partial charge in [-0.3, -0.25) is 0 Å². The van der Waals surface area contributed by atoms with E-state index in [4.69, 9.17) is 14.2 Å². The number of carbonyl (C=O) groups excluding carboxylic acids is 2. The molecular weight excluding hydrogens is 320 g/mol. The highest BCUT2D eigenvalue weighted by atomic mass is 32.1. The van der Waals surface area contributed by atoms with E-state index >= 15 is 0 Å². The van der Waals surface area contributed by atoms with Crippen LogP contribution in [-0.2, 0) is 9.47 Å². The van der Waals surface area contributed by atoms with E-state index in [2.05, 4.69) is 5.32 Å². The molecule has 7 nitrogen and oxygen atoms in total. The summed E-state index contributed by atoms with van der Waals surface area (Å²) in [5.41, 5.74) is 0.209. The van der Waals surface area contributed by atoms with Crippen LogP contribution in [0.2, 0.25) is 0 Å². The van der Waals surface area contributed by atoms with Crippen LogP contribution in [0.25, 0.3) is 0 Å². The Morgan fingerprint density at radius 1 is 1.43 bits per heavy atom. The summed E-state index contributed by atoms with van der Waals surface area (Å²) in [6.07, 6.45) is -0.454. The van der Waals surface area contributed by atoms with E-state index in [0.29, 0.717) is 36.9 Å². The van der Waals surface area contributed by atoms with Crippen LogP contribution in [0.4, 0.5) is 10.5 Å². The third-order valence-corrected chi connectivity index (χ3v) is 4.02. The summed E-state index contributed by atoms with van der Waals surface area (Å²) in [7, 11) is 1.35. The lowest BCUT2D eigenvalue weighted by Crippen LogP contribution is -2.41. The molecule has 128 valence electrons. The molecule has 1 aliphatic heterocycles. The number of alkyl carbamates (subject to hydrolysis) is 1. The fraction of sp³-hybridized carbons (Fsp3) is 0.600. The second kappa shape index (κ2) is 7.08. The number of amides is 1. The van der Waals surface area contributed by atoms with E-state index in [1.165, 1.54) is 18.4 Å². The lowest BCUT2D eigenvalue weighted by molar-refractivity contribution is 0.0527. The first-order chi connectivity index (χ1) is 10.8. The van der Waals surface area contributed by atoms with Crippen LogP contribution in [-0.4, -0.2) is 51.0 Å². The molecule has 0 radical (unpaired) electrons. The van der Waals surface area contributed by atoms with Crippen molar-refractivity contribution in [1.29, 1.82) is 0 Å². The monoisotopic (exact) mass is 342 g/mol. The lowest BCUT2D eigenvalue weighted by atomic mass is 10.2. The smallest absolute Gasteiger partial charge is 0.407 e. The molecule has 23 heavy (non-hydrogen) atoms. The van der Waals surface area contributed by atoms with Gasteiger partial charge in [0, 0.05) is 18.5 Å². The number of nitrogens with one attached hydrogen (secondary N) is 1. The maximum Gasteiger partial charge on any atom is 0.407 e. The number of hydrogen-bond acceptors (Lipinski definition) is 7. The third kappa shape index (κ3) is 4.51. The molecule has 0 saturated heterocycles. The molecule has 2 heterocycles. The van der Waals surface area contributed by atoms with Crippen molar-refractivity contribution in [2.24, 2.45) is 0 Å². The Morgan fingerprint density at radius 3 is 2.83 bits per heavy atom. The molecule has 0 unspecified atom stereocenters. The van der Waals surface area contributed by atoms with Crippen molar-refractivity contribution >= 4 is 29.1 Å². The molecule has 0 fully saturated rings. The molecule has 1 amide bonds. The number of anilines is 1. The molecule has 1 aromatic heterocycles. The van der Waals surface area contributed by atoms with Gasteiger partial charge in [-0.15, -0.1) is 11.3 Å². The Labute approximate surface area is 139 Å². The Bertz CT molecular complexity index is 579. The number of ether oxygens (including phenoxy) is 3. The first-order valence-electron chi connectivity index (χ1n) is 7.36. The standard InChI is InChI=1S/C15H22N2O5S/c1-15(2,3)22-14(19)16-5-6-17-7-8-21-10-9-23-12(11(10)17)13(18)20-4/h9H,5-8H2,1-4H3,(H,16,19). The van der Waals surface area contributed by atoms with Crippen molar-refractivity contribution in [3.05, 3.63) is 10.3 Å². The average molecular weight is 342 g/mol. The van der Waals surface area contributed by atoms with Gasteiger partial charge in [-0.1, -0.05) is 0 Å². The second-order valence-corrected chi connectivity index (χ2v) is 6.91. The van der Waals surface area contributed by atoms with Crippen LogP contribution in [0.15, 0.2) is 5.38 Å². The van der Waals surface area contributed by atoms with Gasteiger partial charge in [0.2, 0.25) is 0 Å². The van der Waals surface area contributed by atoms with Gasteiger partial charge in [0.05, 0.1) is 13.7 Å². The normalized spacial score (nSPS) is 13.8. The molecule has 0 saturated carbocycles. The van der Waals surface area contributed by atoms with E-state index in [1.807, 2.05) is 25.7 Å². The molecule has 0 aliphatic carbocycles. The van der Waals surface area contributed by atoms with Crippen LogP contribution in [0.5, 0.6) is 5.75 Å². The number of rotatable bonds is 4. The largest absolute Gasteiger partial charge is 0.489 e. The number of thiophene rings is 1. The highest BCUT2D eigenvalue weighted by Crippen LogP contribution is 2.40. The fourth-order valence-corrected chi connectivity index (χ4v) is 3.11. The quantitative estimate of drug-likeness (QED) is 0.846. The van der Waals surface area contributed by atoms with Gasteiger partial charge in [-0.25, -0.2) is 9.59 Å². The van der Waals surface area contributed by atoms with Crippen LogP contribution in [0.1, 0.15) is 30.4 Å². The van der Waals surface area contributed by atoms with E-state index in [1.54, 1.807) is 5.38 Å². The maximum absolute atomic E-state index is 11.8. The Hall–Kier alpha value is -1.96. The van der Waals surface area contributed by atoms with Crippen molar-refractivity contribution in [3.63, 3.8) is 0 Å². The topological polar surface area (TPSA) is 77.1 Å². The molecule has 0 spiro atoms. The van der Waals surface area contributed by atoms with Gasteiger partial charge in [0.25, 0.3) is 0 Å². The van der Waals surface area contributed by atoms with Gasteiger partial charge in [0.1, 0.15) is 22.8 Å². The predicted molar refractivity (Wildman–Crippen MR) is 87.6 cm³/mol. The Kier molecular flexibility index (Phi) is 5.35. The third-order valence-electron chi connectivity index (χ3n) is 3.09. The van der Waals surface area contributed by atoms with Crippen LogP contribution >= 0.6 is 11.3 Å². The second-order valence-electron chi connectivity index (χ2n) is 6.03. The molecule has 0 bridgehead atoms. The van der Waals surface area contributed by atoms with Gasteiger partial charge in [-0.05, 0) is 20.8 Å². The van der Waals surface area contributed by atoms with Crippen LogP contribution < -0.4 is 15.0 Å². The van der Waals surface area contributed by atoms with Gasteiger partial charge >= 0.3 is 12.1 Å². The predicted octanol–water partition coefficient (Wildman–Crippen LogP) is 2.26. The van der Waals surface area contributed by atoms with Crippen molar-refractivity contribution < 1.29 is 23.8 Å². The average Bonchev–Trinajstić information content (AvgIpc) is 2.89. The highest BCUT2D eigenvalue weighted by Gasteiger charge is 2.27. The summed E-state index contributed by atoms with van der Waals surface area (Å²) in [5, 5.41) is 4.52. The molecule has 0 aromatic carbocycles. The zero-order valence-corrected chi connectivity index (χ0v) is 14.6. The molecule has 1 aromatic rings. The Morgan fingerprint density at radius 2 is 2.17 bits per heavy atom. The minimum atomic E-state index is -0.526. The minimum Gasteiger partial charge on any atom is -0.489 e. The number of nitrogens with zero attached hydrogens (tertiary/aromatic N) is 1. The molecule has 2 rings (SSSR count). The lowest BCUT2D eigenvalue weighted by Gasteiger charge is -2.30. The zero-order valence-electron chi connectivity index (χ0n) is 13.8. The van der Waals surface area contributed by atoms with Crippen molar-refractivity contribution in [1.82, 2.24) is 5.32 Å². The number of methoxy groups -OCH3 is 1. The van der Waals surface area contributed by atoms with Crippen molar-refractivity contribution in [3.8, 4) is 5.75 Å². The minimum absolute atomic E-state index is 0.383. The van der Waals surface area contributed by atoms with Crippen LogP contribution in [0, 0.1) is 0 Å². The van der Waals surface area contributed by atoms with Crippen LogP contribution in [0.3, 0.4) is 0 Å². The summed E-state index contributed by atoms with van der Waals surface area (Å²) < 4.78 is 15.6. The number of fused-ring (bicyclic) bond motifs is 1. The summed E-state index contributed by atoms with van der Waals surface area (Å²) in [6, 6.07) is 0. The molecule has 1 N–H and O–H groups in total. The van der Waals surface area contributed by atoms with Crippen molar-refractivity contribution in [2.45, 2.75) is 26.4 Å². The summed E-state index contributed by atoms with van der Waals surface area (Å²) in [4.78, 5) is 26.0. The first-order valence-corrected chi connectivity index (χ1v) is 8.24. The maximum atomic E-state index is 11.8. The van der Waals surface area contributed by atoms with Gasteiger partial charge in [0.15, 0.2) is 5.75 Å². The van der Waals surface area contributed by atoms with E-state index in [0.717, 1.165) is 5.69 Å². The molecular formula is C15H22N2O5S. The fourth-order valence-electron chi connectivity index (χ4n) is 2.18. The zero-order chi connectivity index (χ0) is 17.0. The van der Waals surface area contributed by atoms with E-state index < -0.39 is 11.7 Å². The highest BCUT2D eigenvalue weighted by molar-refractivity contribution is 7.13. The number of carbonyl (C=O) groups is 2. The molecule has 0 atom stereocenters. The SMILES string of the molecule is COC(=O)c1scc2c1N(CCNC(=O)OC(C)(C)C)CCO2. The molecule has 8 heteroatoms. The first kappa shape index (κ1) is 17.4. The van der Waals surface area contributed by atoms with Gasteiger partial charge < -0.3 is 24.4 Å². The van der Waals surface area contributed by atoms with E-state index in [-0.39, 0.29) is 5.97 Å². The van der Waals surface area contributed by atoms with Crippen molar-refractivity contribution in [2.75, 3.05) is 38.3 Å². The Balaban J connectivity index is 1.97. The van der Waals surface area contributed by atoms with Gasteiger partial charge in [-0.2, -0.15) is 0 Å². The number of hydrogen-bond donors (Lipinski definition) is 1. The van der Waals surface area contributed by atoms with E-state index in [9.17, 15) is 9.59 Å². The summed E-state index contributed by atoms with van der Waals surface area (Å²) in [5.74, 6) is 0.297. The molecule has 1 aliphatic rings.